The SMILES string of the molecule is CCC(C)(CCO)NC(=O)C(C)(C)OC. The summed E-state index contributed by atoms with van der Waals surface area (Å²) in [6, 6.07) is 0. The summed E-state index contributed by atoms with van der Waals surface area (Å²) in [6.07, 6.45) is 1.33. The van der Waals surface area contributed by atoms with Gasteiger partial charge in [0.1, 0.15) is 5.60 Å². The molecule has 0 saturated heterocycles. The van der Waals surface area contributed by atoms with Crippen LogP contribution in [0.5, 0.6) is 0 Å². The molecule has 15 heavy (non-hydrogen) atoms. The molecule has 0 spiro atoms. The standard InChI is InChI=1S/C11H23NO3/c1-6-11(4,7-8-13)12-9(14)10(2,3)15-5/h13H,6-8H2,1-5H3,(H,12,14). The Morgan fingerprint density at radius 2 is 1.93 bits per heavy atom. The molecule has 0 fully saturated rings. The molecule has 0 aliphatic heterocycles. The summed E-state index contributed by atoms with van der Waals surface area (Å²) in [5.41, 5.74) is -1.19. The molecule has 4 heteroatoms. The molecular weight excluding hydrogens is 194 g/mol. The number of hydrogen-bond donors (Lipinski definition) is 2. The first kappa shape index (κ1) is 14.4. The van der Waals surface area contributed by atoms with E-state index in [1.165, 1.54) is 7.11 Å². The van der Waals surface area contributed by atoms with Crippen molar-refractivity contribution in [3.8, 4) is 0 Å². The van der Waals surface area contributed by atoms with Gasteiger partial charge in [0.2, 0.25) is 0 Å². The predicted molar refractivity (Wildman–Crippen MR) is 59.6 cm³/mol. The number of rotatable bonds is 6. The number of carbonyl (C=O) groups is 1. The molecule has 1 amide bonds. The quantitative estimate of drug-likeness (QED) is 0.700. The molecule has 0 aromatic heterocycles. The zero-order valence-corrected chi connectivity index (χ0v) is 10.4. The number of carbonyl (C=O) groups excluding carboxylic acids is 1. The van der Waals surface area contributed by atoms with Crippen LogP contribution in [0, 0.1) is 0 Å². The summed E-state index contributed by atoms with van der Waals surface area (Å²) >= 11 is 0. The summed E-state index contributed by atoms with van der Waals surface area (Å²) in [7, 11) is 1.51. The fraction of sp³-hybridized carbons (Fsp3) is 0.909. The van der Waals surface area contributed by atoms with Crippen LogP contribution >= 0.6 is 0 Å². The highest BCUT2D eigenvalue weighted by molar-refractivity contribution is 5.84. The van der Waals surface area contributed by atoms with Crippen LogP contribution in [-0.4, -0.2) is 35.9 Å². The summed E-state index contributed by atoms with van der Waals surface area (Å²) in [5.74, 6) is -0.150. The van der Waals surface area contributed by atoms with Crippen molar-refractivity contribution in [2.75, 3.05) is 13.7 Å². The third-order valence-electron chi connectivity index (χ3n) is 2.92. The Bertz CT molecular complexity index is 216. The summed E-state index contributed by atoms with van der Waals surface area (Å²) in [6.45, 7) is 7.41. The molecule has 2 N–H and O–H groups in total. The molecule has 1 atom stereocenters. The summed E-state index contributed by atoms with van der Waals surface area (Å²) in [5, 5.41) is 11.8. The van der Waals surface area contributed by atoms with Crippen LogP contribution < -0.4 is 5.32 Å². The van der Waals surface area contributed by atoms with Gasteiger partial charge in [0.15, 0.2) is 0 Å². The largest absolute Gasteiger partial charge is 0.396 e. The van der Waals surface area contributed by atoms with Crippen LogP contribution in [0.4, 0.5) is 0 Å². The monoisotopic (exact) mass is 217 g/mol. The minimum atomic E-state index is -0.827. The first-order valence-electron chi connectivity index (χ1n) is 5.30. The number of aliphatic hydroxyl groups excluding tert-OH is 1. The molecule has 0 aliphatic carbocycles. The highest BCUT2D eigenvalue weighted by Gasteiger charge is 2.32. The molecule has 0 aromatic carbocycles. The molecule has 0 rings (SSSR count). The van der Waals surface area contributed by atoms with Crippen LogP contribution in [0.25, 0.3) is 0 Å². The van der Waals surface area contributed by atoms with Crippen molar-refractivity contribution in [3.63, 3.8) is 0 Å². The Labute approximate surface area is 92.0 Å². The highest BCUT2D eigenvalue weighted by Crippen LogP contribution is 2.17. The van der Waals surface area contributed by atoms with Crippen LogP contribution in [0.2, 0.25) is 0 Å². The lowest BCUT2D eigenvalue weighted by atomic mass is 9.93. The van der Waals surface area contributed by atoms with Crippen molar-refractivity contribution in [3.05, 3.63) is 0 Å². The van der Waals surface area contributed by atoms with Gasteiger partial charge < -0.3 is 15.2 Å². The molecule has 0 saturated carbocycles. The van der Waals surface area contributed by atoms with Crippen LogP contribution in [0.3, 0.4) is 0 Å². The summed E-state index contributed by atoms with van der Waals surface area (Å²) < 4.78 is 5.09. The number of amides is 1. The fourth-order valence-electron chi connectivity index (χ4n) is 1.09. The van der Waals surface area contributed by atoms with Gasteiger partial charge in [-0.2, -0.15) is 0 Å². The van der Waals surface area contributed by atoms with Gasteiger partial charge in [-0.1, -0.05) is 6.92 Å². The third-order valence-corrected chi connectivity index (χ3v) is 2.92. The van der Waals surface area contributed by atoms with E-state index >= 15 is 0 Å². The lowest BCUT2D eigenvalue weighted by molar-refractivity contribution is -0.141. The molecule has 1 unspecified atom stereocenters. The second-order valence-electron chi connectivity index (χ2n) is 4.56. The molecule has 0 aromatic rings. The molecule has 0 bridgehead atoms. The van der Waals surface area contributed by atoms with Crippen molar-refractivity contribution < 1.29 is 14.6 Å². The third kappa shape index (κ3) is 4.18. The average Bonchev–Trinajstić information content (AvgIpc) is 2.18. The topological polar surface area (TPSA) is 58.6 Å². The lowest BCUT2D eigenvalue weighted by Gasteiger charge is -2.33. The van der Waals surface area contributed by atoms with E-state index in [1.807, 2.05) is 13.8 Å². The average molecular weight is 217 g/mol. The van der Waals surface area contributed by atoms with E-state index in [1.54, 1.807) is 13.8 Å². The lowest BCUT2D eigenvalue weighted by Crippen LogP contribution is -2.53. The van der Waals surface area contributed by atoms with E-state index in [0.717, 1.165) is 6.42 Å². The molecular formula is C11H23NO3. The van der Waals surface area contributed by atoms with Crippen molar-refractivity contribution in [1.29, 1.82) is 0 Å². The Morgan fingerprint density at radius 3 is 2.27 bits per heavy atom. The predicted octanol–water partition coefficient (Wildman–Crippen LogP) is 1.08. The Morgan fingerprint density at radius 1 is 1.40 bits per heavy atom. The van der Waals surface area contributed by atoms with E-state index < -0.39 is 5.60 Å². The van der Waals surface area contributed by atoms with Gasteiger partial charge in [-0.25, -0.2) is 0 Å². The van der Waals surface area contributed by atoms with Crippen LogP contribution in [0.15, 0.2) is 0 Å². The first-order chi connectivity index (χ1) is 6.81. The normalized spacial score (nSPS) is 15.9. The van der Waals surface area contributed by atoms with Gasteiger partial charge in [0.25, 0.3) is 5.91 Å². The van der Waals surface area contributed by atoms with Crippen molar-refractivity contribution in [2.45, 2.75) is 51.7 Å². The Hall–Kier alpha value is -0.610. The zero-order chi connectivity index (χ0) is 12.1. The number of aliphatic hydroxyl groups is 1. The van der Waals surface area contributed by atoms with E-state index in [0.29, 0.717) is 6.42 Å². The molecule has 0 aliphatic rings. The van der Waals surface area contributed by atoms with E-state index in [-0.39, 0.29) is 18.1 Å². The van der Waals surface area contributed by atoms with Gasteiger partial charge in [0.05, 0.1) is 0 Å². The van der Waals surface area contributed by atoms with Gasteiger partial charge in [-0.05, 0) is 33.6 Å². The summed E-state index contributed by atoms with van der Waals surface area (Å²) in [4.78, 5) is 11.8. The Kier molecular flexibility index (Phi) is 5.24. The number of ether oxygens (including phenoxy) is 1. The van der Waals surface area contributed by atoms with Crippen molar-refractivity contribution >= 4 is 5.91 Å². The maximum absolute atomic E-state index is 11.8. The van der Waals surface area contributed by atoms with E-state index in [9.17, 15) is 4.79 Å². The fourth-order valence-corrected chi connectivity index (χ4v) is 1.09. The maximum atomic E-state index is 11.8. The van der Waals surface area contributed by atoms with Crippen molar-refractivity contribution in [2.24, 2.45) is 0 Å². The molecule has 0 radical (unpaired) electrons. The van der Waals surface area contributed by atoms with Crippen molar-refractivity contribution in [1.82, 2.24) is 5.32 Å². The highest BCUT2D eigenvalue weighted by atomic mass is 16.5. The van der Waals surface area contributed by atoms with E-state index in [4.69, 9.17) is 9.84 Å². The molecule has 4 nitrogen and oxygen atoms in total. The van der Waals surface area contributed by atoms with Crippen LogP contribution in [-0.2, 0) is 9.53 Å². The van der Waals surface area contributed by atoms with Gasteiger partial charge >= 0.3 is 0 Å². The molecule has 0 heterocycles. The minimum Gasteiger partial charge on any atom is -0.396 e. The minimum absolute atomic E-state index is 0.0675. The molecule has 90 valence electrons. The second-order valence-corrected chi connectivity index (χ2v) is 4.56. The van der Waals surface area contributed by atoms with E-state index in [2.05, 4.69) is 5.32 Å². The van der Waals surface area contributed by atoms with Gasteiger partial charge in [-0.15, -0.1) is 0 Å². The maximum Gasteiger partial charge on any atom is 0.252 e. The van der Waals surface area contributed by atoms with Gasteiger partial charge in [0, 0.05) is 19.3 Å². The number of nitrogens with one attached hydrogen (secondary N) is 1. The smallest absolute Gasteiger partial charge is 0.252 e. The Balaban J connectivity index is 4.49. The second kappa shape index (κ2) is 5.47. The first-order valence-corrected chi connectivity index (χ1v) is 5.30. The zero-order valence-electron chi connectivity index (χ0n) is 10.4. The number of hydrogen-bond acceptors (Lipinski definition) is 3. The van der Waals surface area contributed by atoms with Gasteiger partial charge in [-0.3, -0.25) is 4.79 Å². The number of methoxy groups -OCH3 is 1. The van der Waals surface area contributed by atoms with Crippen LogP contribution in [0.1, 0.15) is 40.5 Å².